The van der Waals surface area contributed by atoms with Gasteiger partial charge in [-0.15, -0.1) is 0 Å². The number of ether oxygens (including phenoxy) is 1. The molecule has 0 aliphatic rings. The van der Waals surface area contributed by atoms with Crippen LogP contribution < -0.4 is 5.73 Å². The van der Waals surface area contributed by atoms with Crippen molar-refractivity contribution in [2.24, 2.45) is 11.7 Å². The molecule has 1 unspecified atom stereocenters. The molecule has 16 heavy (non-hydrogen) atoms. The summed E-state index contributed by atoms with van der Waals surface area (Å²) in [6, 6.07) is 5.16. The minimum absolute atomic E-state index is 0.228. The number of methoxy groups -OCH3 is 1. The van der Waals surface area contributed by atoms with E-state index in [-0.39, 0.29) is 18.4 Å². The van der Waals surface area contributed by atoms with Gasteiger partial charge < -0.3 is 10.5 Å². The van der Waals surface area contributed by atoms with Gasteiger partial charge in [-0.1, -0.05) is 29.3 Å². The average molecular weight is 262 g/mol. The van der Waals surface area contributed by atoms with Crippen molar-refractivity contribution in [1.82, 2.24) is 0 Å². The van der Waals surface area contributed by atoms with Crippen LogP contribution in [0.3, 0.4) is 0 Å². The fraction of sp³-hybridized carbons (Fsp3) is 0.364. The van der Waals surface area contributed by atoms with Gasteiger partial charge in [-0.2, -0.15) is 0 Å². The lowest BCUT2D eigenvalue weighted by Gasteiger charge is -2.13. The molecule has 0 aromatic heterocycles. The number of carbonyl (C=O) groups excluding carboxylic acids is 1. The summed E-state index contributed by atoms with van der Waals surface area (Å²) in [5.41, 5.74) is 6.35. The van der Waals surface area contributed by atoms with E-state index in [0.29, 0.717) is 16.5 Å². The second kappa shape index (κ2) is 6.09. The summed E-state index contributed by atoms with van der Waals surface area (Å²) < 4.78 is 4.65. The standard InChI is InChI=1S/C11H13Cl2NO2/c1-16-11(15)8(6-14)4-7-2-3-9(12)5-10(7)13/h2-3,5,8H,4,6,14H2,1H3. The van der Waals surface area contributed by atoms with Crippen LogP contribution in [-0.4, -0.2) is 19.6 Å². The SMILES string of the molecule is COC(=O)C(CN)Cc1ccc(Cl)cc1Cl. The molecule has 5 heteroatoms. The van der Waals surface area contributed by atoms with Gasteiger partial charge in [-0.25, -0.2) is 0 Å². The van der Waals surface area contributed by atoms with Crippen molar-refractivity contribution in [1.29, 1.82) is 0 Å². The van der Waals surface area contributed by atoms with Gasteiger partial charge >= 0.3 is 5.97 Å². The highest BCUT2D eigenvalue weighted by Gasteiger charge is 2.19. The first-order valence-corrected chi connectivity index (χ1v) is 5.56. The molecule has 2 N–H and O–H groups in total. The molecule has 0 bridgehead atoms. The Kier molecular flexibility index (Phi) is 5.06. The Balaban J connectivity index is 2.82. The van der Waals surface area contributed by atoms with Crippen LogP contribution in [0.1, 0.15) is 5.56 Å². The zero-order chi connectivity index (χ0) is 12.1. The largest absolute Gasteiger partial charge is 0.469 e. The van der Waals surface area contributed by atoms with E-state index >= 15 is 0 Å². The normalized spacial score (nSPS) is 12.2. The molecule has 88 valence electrons. The summed E-state index contributed by atoms with van der Waals surface area (Å²) in [6.45, 7) is 0.228. The predicted octanol–water partition coefficient (Wildman–Crippen LogP) is 2.28. The highest BCUT2D eigenvalue weighted by molar-refractivity contribution is 6.35. The topological polar surface area (TPSA) is 52.3 Å². The third-order valence-electron chi connectivity index (χ3n) is 2.30. The molecule has 1 rings (SSSR count). The molecule has 1 aromatic carbocycles. The third-order valence-corrected chi connectivity index (χ3v) is 2.89. The maximum atomic E-state index is 11.4. The molecule has 1 atom stereocenters. The monoisotopic (exact) mass is 261 g/mol. The summed E-state index contributed by atoms with van der Waals surface area (Å²) in [4.78, 5) is 11.4. The highest BCUT2D eigenvalue weighted by atomic mass is 35.5. The molecular formula is C11H13Cl2NO2. The number of halogens is 2. The van der Waals surface area contributed by atoms with E-state index in [0.717, 1.165) is 5.56 Å². The van der Waals surface area contributed by atoms with E-state index in [9.17, 15) is 4.79 Å². The van der Waals surface area contributed by atoms with Gasteiger partial charge in [0.1, 0.15) is 0 Å². The molecule has 1 aromatic rings. The first kappa shape index (κ1) is 13.3. The summed E-state index contributed by atoms with van der Waals surface area (Å²) >= 11 is 11.8. The third kappa shape index (κ3) is 3.37. The number of hydrogen-bond donors (Lipinski definition) is 1. The summed E-state index contributed by atoms with van der Waals surface area (Å²) in [5, 5.41) is 1.10. The summed E-state index contributed by atoms with van der Waals surface area (Å²) in [7, 11) is 1.34. The van der Waals surface area contributed by atoms with Crippen LogP contribution in [0.5, 0.6) is 0 Å². The van der Waals surface area contributed by atoms with Gasteiger partial charge in [0.2, 0.25) is 0 Å². The van der Waals surface area contributed by atoms with E-state index in [1.165, 1.54) is 7.11 Å². The average Bonchev–Trinajstić information content (AvgIpc) is 2.27. The van der Waals surface area contributed by atoms with Gasteiger partial charge in [-0.05, 0) is 24.1 Å². The molecular weight excluding hydrogens is 249 g/mol. The number of nitrogens with two attached hydrogens (primary N) is 1. The second-order valence-corrected chi connectivity index (χ2v) is 4.24. The van der Waals surface area contributed by atoms with Crippen molar-refractivity contribution < 1.29 is 9.53 Å². The van der Waals surface area contributed by atoms with Crippen molar-refractivity contribution in [2.45, 2.75) is 6.42 Å². The van der Waals surface area contributed by atoms with Crippen molar-refractivity contribution in [3.8, 4) is 0 Å². The molecule has 0 aliphatic carbocycles. The van der Waals surface area contributed by atoms with Crippen molar-refractivity contribution >= 4 is 29.2 Å². The zero-order valence-corrected chi connectivity index (χ0v) is 10.4. The molecule has 0 amide bonds. The van der Waals surface area contributed by atoms with E-state index in [4.69, 9.17) is 28.9 Å². The van der Waals surface area contributed by atoms with Crippen LogP contribution >= 0.6 is 23.2 Å². The predicted molar refractivity (Wildman–Crippen MR) is 64.7 cm³/mol. The summed E-state index contributed by atoms with van der Waals surface area (Å²) in [6.07, 6.45) is 0.458. The molecule has 0 spiro atoms. The fourth-order valence-electron chi connectivity index (χ4n) is 1.38. The van der Waals surface area contributed by atoms with Crippen LogP contribution in [0.25, 0.3) is 0 Å². The molecule has 0 saturated carbocycles. The molecule has 0 heterocycles. The van der Waals surface area contributed by atoms with Crippen molar-refractivity contribution in [2.75, 3.05) is 13.7 Å². The van der Waals surface area contributed by atoms with Crippen LogP contribution in [0.4, 0.5) is 0 Å². The molecule has 0 aliphatic heterocycles. The van der Waals surface area contributed by atoms with E-state index in [2.05, 4.69) is 4.74 Å². The van der Waals surface area contributed by atoms with Crippen LogP contribution in [-0.2, 0) is 16.0 Å². The minimum atomic E-state index is -0.372. The van der Waals surface area contributed by atoms with Crippen LogP contribution in [0.2, 0.25) is 10.0 Å². The Morgan fingerprint density at radius 2 is 2.19 bits per heavy atom. The lowest BCUT2D eigenvalue weighted by atomic mass is 9.99. The maximum Gasteiger partial charge on any atom is 0.310 e. The Morgan fingerprint density at radius 3 is 2.69 bits per heavy atom. The Morgan fingerprint density at radius 1 is 1.50 bits per heavy atom. The molecule has 0 radical (unpaired) electrons. The number of hydrogen-bond acceptors (Lipinski definition) is 3. The van der Waals surface area contributed by atoms with Gasteiger partial charge in [0.15, 0.2) is 0 Å². The number of rotatable bonds is 4. The number of carbonyl (C=O) groups is 1. The van der Waals surface area contributed by atoms with Crippen LogP contribution in [0.15, 0.2) is 18.2 Å². The van der Waals surface area contributed by atoms with Gasteiger partial charge in [-0.3, -0.25) is 4.79 Å². The van der Waals surface area contributed by atoms with E-state index in [1.807, 2.05) is 0 Å². The Bertz CT molecular complexity index is 382. The van der Waals surface area contributed by atoms with Crippen molar-refractivity contribution in [3.63, 3.8) is 0 Å². The first-order chi connectivity index (χ1) is 7.58. The minimum Gasteiger partial charge on any atom is -0.469 e. The number of benzene rings is 1. The molecule has 3 nitrogen and oxygen atoms in total. The Hall–Kier alpha value is -0.770. The van der Waals surface area contributed by atoms with E-state index in [1.54, 1.807) is 18.2 Å². The lowest BCUT2D eigenvalue weighted by molar-refractivity contribution is -0.145. The molecule has 0 fully saturated rings. The fourth-order valence-corrected chi connectivity index (χ4v) is 1.87. The Labute approximate surface area is 104 Å². The van der Waals surface area contributed by atoms with Crippen LogP contribution in [0, 0.1) is 5.92 Å². The van der Waals surface area contributed by atoms with Crippen molar-refractivity contribution in [3.05, 3.63) is 33.8 Å². The smallest absolute Gasteiger partial charge is 0.310 e. The first-order valence-electron chi connectivity index (χ1n) is 4.80. The second-order valence-electron chi connectivity index (χ2n) is 3.40. The van der Waals surface area contributed by atoms with Gasteiger partial charge in [0.25, 0.3) is 0 Å². The van der Waals surface area contributed by atoms with Gasteiger partial charge in [0.05, 0.1) is 13.0 Å². The van der Waals surface area contributed by atoms with Gasteiger partial charge in [0, 0.05) is 16.6 Å². The molecule has 0 saturated heterocycles. The summed E-state index contributed by atoms with van der Waals surface area (Å²) in [5.74, 6) is -0.697. The quantitative estimate of drug-likeness (QED) is 0.847. The zero-order valence-electron chi connectivity index (χ0n) is 8.87. The lowest BCUT2D eigenvalue weighted by Crippen LogP contribution is -2.26. The maximum absolute atomic E-state index is 11.4. The highest BCUT2D eigenvalue weighted by Crippen LogP contribution is 2.23. The van der Waals surface area contributed by atoms with E-state index < -0.39 is 0 Å². The number of esters is 1.